The van der Waals surface area contributed by atoms with Crippen LogP contribution in [0.3, 0.4) is 0 Å². The standard InChI is InChI=1S/C20H31N5/c1-5-21-20(22-13-17(3)15-25-11-7-10-24-25)23-14-18(4)19-9-6-8-16(2)12-19/h6-12,17-18H,5,13-15H2,1-4H3,(H2,21,22,23). The summed E-state index contributed by atoms with van der Waals surface area (Å²) in [6.07, 6.45) is 3.81. The number of nitrogens with one attached hydrogen (secondary N) is 2. The van der Waals surface area contributed by atoms with Crippen LogP contribution < -0.4 is 10.6 Å². The average molecular weight is 342 g/mol. The third-order valence-electron chi connectivity index (χ3n) is 4.15. The van der Waals surface area contributed by atoms with E-state index in [1.165, 1.54) is 11.1 Å². The number of rotatable bonds is 8. The molecule has 1 aromatic heterocycles. The Morgan fingerprint density at radius 3 is 2.76 bits per heavy atom. The van der Waals surface area contributed by atoms with E-state index in [2.05, 4.69) is 67.7 Å². The van der Waals surface area contributed by atoms with Crippen LogP contribution in [0.1, 0.15) is 37.8 Å². The lowest BCUT2D eigenvalue weighted by atomic mass is 9.99. The maximum absolute atomic E-state index is 4.73. The Bertz CT molecular complexity index is 648. The van der Waals surface area contributed by atoms with Crippen LogP contribution in [0.5, 0.6) is 0 Å². The molecule has 2 atom stereocenters. The lowest BCUT2D eigenvalue weighted by Crippen LogP contribution is -2.39. The van der Waals surface area contributed by atoms with E-state index in [9.17, 15) is 0 Å². The van der Waals surface area contributed by atoms with Gasteiger partial charge in [0.2, 0.25) is 0 Å². The third kappa shape index (κ3) is 6.61. The van der Waals surface area contributed by atoms with E-state index >= 15 is 0 Å². The largest absolute Gasteiger partial charge is 0.357 e. The zero-order valence-corrected chi connectivity index (χ0v) is 15.9. The van der Waals surface area contributed by atoms with Crippen LogP contribution in [-0.2, 0) is 6.54 Å². The molecule has 136 valence electrons. The highest BCUT2D eigenvalue weighted by Crippen LogP contribution is 2.15. The van der Waals surface area contributed by atoms with Crippen LogP contribution in [0.2, 0.25) is 0 Å². The molecule has 0 saturated carbocycles. The van der Waals surface area contributed by atoms with Crippen LogP contribution in [0, 0.1) is 12.8 Å². The van der Waals surface area contributed by atoms with Gasteiger partial charge in [-0.2, -0.15) is 5.10 Å². The molecule has 1 heterocycles. The first-order valence-corrected chi connectivity index (χ1v) is 9.14. The number of nitrogens with zero attached hydrogens (tertiary/aromatic N) is 3. The van der Waals surface area contributed by atoms with E-state index in [4.69, 9.17) is 4.99 Å². The van der Waals surface area contributed by atoms with E-state index < -0.39 is 0 Å². The highest BCUT2D eigenvalue weighted by Gasteiger charge is 2.08. The lowest BCUT2D eigenvalue weighted by Gasteiger charge is -2.17. The Morgan fingerprint density at radius 2 is 2.08 bits per heavy atom. The van der Waals surface area contributed by atoms with Gasteiger partial charge in [-0.3, -0.25) is 9.67 Å². The maximum atomic E-state index is 4.73. The molecule has 0 radical (unpaired) electrons. The Hall–Kier alpha value is -2.30. The summed E-state index contributed by atoms with van der Waals surface area (Å²) in [6, 6.07) is 10.7. The zero-order chi connectivity index (χ0) is 18.1. The SMILES string of the molecule is CCNC(=NCC(C)Cn1cccn1)NCC(C)c1cccc(C)c1. The first kappa shape index (κ1) is 19.0. The fraction of sp³-hybridized carbons (Fsp3) is 0.500. The van der Waals surface area contributed by atoms with Crippen LogP contribution in [0.4, 0.5) is 0 Å². The Labute approximate surface area is 151 Å². The molecule has 2 aromatic rings. The van der Waals surface area contributed by atoms with Crippen molar-refractivity contribution in [1.82, 2.24) is 20.4 Å². The minimum atomic E-state index is 0.435. The van der Waals surface area contributed by atoms with Gasteiger partial charge < -0.3 is 10.6 Å². The van der Waals surface area contributed by atoms with Gasteiger partial charge in [-0.1, -0.05) is 43.7 Å². The number of hydrogen-bond acceptors (Lipinski definition) is 2. The monoisotopic (exact) mass is 341 g/mol. The maximum Gasteiger partial charge on any atom is 0.191 e. The van der Waals surface area contributed by atoms with Crippen molar-refractivity contribution in [3.8, 4) is 0 Å². The minimum Gasteiger partial charge on any atom is -0.357 e. The molecule has 0 amide bonds. The molecule has 0 aliphatic carbocycles. The van der Waals surface area contributed by atoms with Crippen molar-refractivity contribution in [2.24, 2.45) is 10.9 Å². The number of hydrogen-bond donors (Lipinski definition) is 2. The smallest absolute Gasteiger partial charge is 0.191 e. The van der Waals surface area contributed by atoms with E-state index in [1.54, 1.807) is 0 Å². The fourth-order valence-electron chi connectivity index (χ4n) is 2.72. The van der Waals surface area contributed by atoms with Crippen molar-refractivity contribution in [1.29, 1.82) is 0 Å². The first-order chi connectivity index (χ1) is 12.1. The van der Waals surface area contributed by atoms with Crippen molar-refractivity contribution in [3.05, 3.63) is 53.9 Å². The number of aromatic nitrogens is 2. The molecule has 2 rings (SSSR count). The van der Waals surface area contributed by atoms with Crippen molar-refractivity contribution in [3.63, 3.8) is 0 Å². The predicted molar refractivity (Wildman–Crippen MR) is 105 cm³/mol. The van der Waals surface area contributed by atoms with Gasteiger partial charge in [-0.15, -0.1) is 0 Å². The van der Waals surface area contributed by atoms with E-state index in [1.807, 2.05) is 23.1 Å². The molecule has 2 unspecified atom stereocenters. The molecule has 0 fully saturated rings. The van der Waals surface area contributed by atoms with Gasteiger partial charge in [-0.25, -0.2) is 0 Å². The van der Waals surface area contributed by atoms with Crippen LogP contribution in [0.15, 0.2) is 47.7 Å². The second kappa shape index (κ2) is 9.87. The van der Waals surface area contributed by atoms with Gasteiger partial charge in [0.25, 0.3) is 0 Å². The topological polar surface area (TPSA) is 54.2 Å². The highest BCUT2D eigenvalue weighted by molar-refractivity contribution is 5.79. The molecule has 2 N–H and O–H groups in total. The molecule has 5 heteroatoms. The molecule has 0 aliphatic rings. The van der Waals surface area contributed by atoms with Crippen molar-refractivity contribution in [2.45, 2.75) is 40.2 Å². The van der Waals surface area contributed by atoms with Gasteiger partial charge in [0.05, 0.1) is 0 Å². The van der Waals surface area contributed by atoms with E-state index in [0.29, 0.717) is 11.8 Å². The lowest BCUT2D eigenvalue weighted by molar-refractivity contribution is 0.458. The summed E-state index contributed by atoms with van der Waals surface area (Å²) in [4.78, 5) is 4.73. The summed E-state index contributed by atoms with van der Waals surface area (Å²) in [5.41, 5.74) is 2.66. The molecule has 0 bridgehead atoms. The van der Waals surface area contributed by atoms with Gasteiger partial charge >= 0.3 is 0 Å². The van der Waals surface area contributed by atoms with Crippen LogP contribution >= 0.6 is 0 Å². The third-order valence-corrected chi connectivity index (χ3v) is 4.15. The molecule has 5 nitrogen and oxygen atoms in total. The predicted octanol–water partition coefficient (Wildman–Crippen LogP) is 3.19. The van der Waals surface area contributed by atoms with Crippen LogP contribution in [-0.4, -0.2) is 35.4 Å². The van der Waals surface area contributed by atoms with Crippen LogP contribution in [0.25, 0.3) is 0 Å². The van der Waals surface area contributed by atoms with Gasteiger partial charge in [0, 0.05) is 38.6 Å². The van der Waals surface area contributed by atoms with E-state index in [0.717, 1.165) is 32.1 Å². The summed E-state index contributed by atoms with van der Waals surface area (Å²) in [6.45, 7) is 12.0. The summed E-state index contributed by atoms with van der Waals surface area (Å²) in [7, 11) is 0. The number of guanidine groups is 1. The molecule has 0 aliphatic heterocycles. The molecule has 0 spiro atoms. The Balaban J connectivity index is 1.86. The second-order valence-corrected chi connectivity index (χ2v) is 6.75. The molecule has 25 heavy (non-hydrogen) atoms. The number of benzene rings is 1. The van der Waals surface area contributed by atoms with Gasteiger partial charge in [0.15, 0.2) is 5.96 Å². The minimum absolute atomic E-state index is 0.435. The Kier molecular flexibility index (Phi) is 7.51. The van der Waals surface area contributed by atoms with E-state index in [-0.39, 0.29) is 0 Å². The number of aryl methyl sites for hydroxylation is 1. The quantitative estimate of drug-likeness (QED) is 0.573. The second-order valence-electron chi connectivity index (χ2n) is 6.75. The fourth-order valence-corrected chi connectivity index (χ4v) is 2.72. The van der Waals surface area contributed by atoms with Gasteiger partial charge in [0.1, 0.15) is 0 Å². The summed E-state index contributed by atoms with van der Waals surface area (Å²) in [5.74, 6) is 1.75. The highest BCUT2D eigenvalue weighted by atomic mass is 15.3. The summed E-state index contributed by atoms with van der Waals surface area (Å²) < 4.78 is 1.96. The molecule has 1 aromatic carbocycles. The van der Waals surface area contributed by atoms with Crippen molar-refractivity contribution < 1.29 is 0 Å². The Morgan fingerprint density at radius 1 is 1.24 bits per heavy atom. The first-order valence-electron chi connectivity index (χ1n) is 9.14. The molecular weight excluding hydrogens is 310 g/mol. The summed E-state index contributed by atoms with van der Waals surface area (Å²) >= 11 is 0. The number of aliphatic imine (C=N–C) groups is 1. The normalized spacial score (nSPS) is 14.2. The summed E-state index contributed by atoms with van der Waals surface area (Å²) in [5, 5.41) is 11.1. The zero-order valence-electron chi connectivity index (χ0n) is 15.9. The molecular formula is C20H31N5. The van der Waals surface area contributed by atoms with Crippen molar-refractivity contribution >= 4 is 5.96 Å². The van der Waals surface area contributed by atoms with Gasteiger partial charge in [-0.05, 0) is 37.3 Å². The average Bonchev–Trinajstić information content (AvgIpc) is 3.10. The molecule has 0 saturated heterocycles. The van der Waals surface area contributed by atoms with Crippen molar-refractivity contribution in [2.75, 3.05) is 19.6 Å².